The molecule has 0 radical (unpaired) electrons. The monoisotopic (exact) mass is 348 g/mol. The Morgan fingerprint density at radius 2 is 1.62 bits per heavy atom. The van der Waals surface area contributed by atoms with Gasteiger partial charge in [-0.15, -0.1) is 0 Å². The number of hydrogen-bond acceptors (Lipinski definition) is 3. The van der Waals surface area contributed by atoms with Gasteiger partial charge < -0.3 is 15.0 Å². The van der Waals surface area contributed by atoms with Gasteiger partial charge in [0, 0.05) is 25.5 Å². The van der Waals surface area contributed by atoms with Crippen molar-refractivity contribution in [1.82, 2.24) is 0 Å². The first-order valence-electron chi connectivity index (χ1n) is 8.64. The minimum Gasteiger partial charge on any atom is -0.497 e. The Labute approximate surface area is 154 Å². The van der Waals surface area contributed by atoms with E-state index in [-0.39, 0.29) is 11.8 Å². The van der Waals surface area contributed by atoms with Crippen LogP contribution in [0.5, 0.6) is 5.75 Å². The predicted octanol–water partition coefficient (Wildman–Crippen LogP) is 4.66. The molecule has 0 spiro atoms. The first-order valence-corrected chi connectivity index (χ1v) is 8.64. The molecule has 3 aromatic carbocycles. The summed E-state index contributed by atoms with van der Waals surface area (Å²) < 4.78 is 5.26. The standard InChI is InChI=1S/C22H24N2O2/c1-15(22(25)23-19-8-10-20(11-9-19)24(2)3)16-5-6-18-14-21(26-4)12-7-17(18)13-16/h5-15H,1-4H3,(H,23,25). The topological polar surface area (TPSA) is 41.6 Å². The number of carbonyl (C=O) groups excluding carboxylic acids is 1. The maximum absolute atomic E-state index is 12.6. The summed E-state index contributed by atoms with van der Waals surface area (Å²) in [6.45, 7) is 1.92. The number of carbonyl (C=O) groups is 1. The molecule has 3 rings (SSSR count). The smallest absolute Gasteiger partial charge is 0.231 e. The van der Waals surface area contributed by atoms with Gasteiger partial charge in [-0.2, -0.15) is 0 Å². The van der Waals surface area contributed by atoms with E-state index in [1.54, 1.807) is 7.11 Å². The third-order valence-electron chi connectivity index (χ3n) is 4.62. The maximum Gasteiger partial charge on any atom is 0.231 e. The van der Waals surface area contributed by atoms with Gasteiger partial charge in [0.05, 0.1) is 13.0 Å². The number of benzene rings is 3. The summed E-state index contributed by atoms with van der Waals surface area (Å²) in [7, 11) is 5.64. The van der Waals surface area contributed by atoms with Crippen LogP contribution in [0.25, 0.3) is 10.8 Å². The predicted molar refractivity (Wildman–Crippen MR) is 108 cm³/mol. The number of amides is 1. The van der Waals surface area contributed by atoms with Gasteiger partial charge in [0.15, 0.2) is 0 Å². The van der Waals surface area contributed by atoms with Crippen LogP contribution in [-0.2, 0) is 4.79 Å². The van der Waals surface area contributed by atoms with E-state index >= 15 is 0 Å². The fraction of sp³-hybridized carbons (Fsp3) is 0.227. The third-order valence-corrected chi connectivity index (χ3v) is 4.62. The lowest BCUT2D eigenvalue weighted by atomic mass is 9.97. The van der Waals surface area contributed by atoms with E-state index < -0.39 is 0 Å². The number of hydrogen-bond donors (Lipinski definition) is 1. The van der Waals surface area contributed by atoms with Crippen molar-refractivity contribution in [2.45, 2.75) is 12.8 Å². The highest BCUT2D eigenvalue weighted by atomic mass is 16.5. The number of rotatable bonds is 5. The number of methoxy groups -OCH3 is 1. The van der Waals surface area contributed by atoms with Gasteiger partial charge in [0.2, 0.25) is 5.91 Å². The summed E-state index contributed by atoms with van der Waals surface area (Å²) in [4.78, 5) is 14.7. The van der Waals surface area contributed by atoms with Crippen LogP contribution in [0, 0.1) is 0 Å². The van der Waals surface area contributed by atoms with E-state index in [1.807, 2.05) is 80.5 Å². The Hall–Kier alpha value is -3.01. The van der Waals surface area contributed by atoms with Crippen LogP contribution < -0.4 is 15.0 Å². The molecule has 1 unspecified atom stereocenters. The van der Waals surface area contributed by atoms with E-state index in [1.165, 1.54) is 0 Å². The van der Waals surface area contributed by atoms with E-state index in [4.69, 9.17) is 4.74 Å². The molecule has 1 atom stereocenters. The lowest BCUT2D eigenvalue weighted by Crippen LogP contribution is -2.19. The average Bonchev–Trinajstić information content (AvgIpc) is 2.66. The van der Waals surface area contributed by atoms with Gasteiger partial charge in [-0.3, -0.25) is 4.79 Å². The lowest BCUT2D eigenvalue weighted by Gasteiger charge is -2.15. The van der Waals surface area contributed by atoms with Crippen molar-refractivity contribution in [2.24, 2.45) is 0 Å². The second kappa shape index (κ2) is 7.48. The quantitative estimate of drug-likeness (QED) is 0.729. The molecule has 0 aromatic heterocycles. The van der Waals surface area contributed by atoms with E-state index in [0.717, 1.165) is 33.5 Å². The number of nitrogens with zero attached hydrogens (tertiary/aromatic N) is 1. The maximum atomic E-state index is 12.6. The Balaban J connectivity index is 1.76. The molecule has 26 heavy (non-hydrogen) atoms. The zero-order chi connectivity index (χ0) is 18.7. The van der Waals surface area contributed by atoms with Crippen LogP contribution in [0.15, 0.2) is 60.7 Å². The van der Waals surface area contributed by atoms with Crippen LogP contribution in [-0.4, -0.2) is 27.1 Å². The molecule has 0 fully saturated rings. The molecule has 3 aromatic rings. The lowest BCUT2D eigenvalue weighted by molar-refractivity contribution is -0.117. The van der Waals surface area contributed by atoms with Crippen molar-refractivity contribution in [3.05, 3.63) is 66.2 Å². The van der Waals surface area contributed by atoms with Gasteiger partial charge in [-0.25, -0.2) is 0 Å². The zero-order valence-corrected chi connectivity index (χ0v) is 15.6. The molecule has 1 N–H and O–H groups in total. The van der Waals surface area contributed by atoms with Crippen molar-refractivity contribution < 1.29 is 9.53 Å². The summed E-state index contributed by atoms with van der Waals surface area (Å²) in [5.74, 6) is 0.572. The van der Waals surface area contributed by atoms with Gasteiger partial charge in [0.25, 0.3) is 0 Å². The first-order chi connectivity index (χ1) is 12.5. The second-order valence-corrected chi connectivity index (χ2v) is 6.62. The Morgan fingerprint density at radius 3 is 2.27 bits per heavy atom. The fourth-order valence-electron chi connectivity index (χ4n) is 2.88. The van der Waals surface area contributed by atoms with E-state index in [2.05, 4.69) is 11.4 Å². The van der Waals surface area contributed by atoms with Crippen molar-refractivity contribution in [2.75, 3.05) is 31.4 Å². The molecule has 134 valence electrons. The SMILES string of the molecule is COc1ccc2cc(C(C)C(=O)Nc3ccc(N(C)C)cc3)ccc2c1. The zero-order valence-electron chi connectivity index (χ0n) is 15.6. The molecule has 0 aliphatic heterocycles. The van der Waals surface area contributed by atoms with Crippen LogP contribution >= 0.6 is 0 Å². The summed E-state index contributed by atoms with van der Waals surface area (Å²) >= 11 is 0. The van der Waals surface area contributed by atoms with Gasteiger partial charge in [-0.1, -0.05) is 24.3 Å². The van der Waals surface area contributed by atoms with Crippen LogP contribution in [0.4, 0.5) is 11.4 Å². The molecule has 4 heteroatoms. The van der Waals surface area contributed by atoms with Crippen LogP contribution in [0.2, 0.25) is 0 Å². The molecular weight excluding hydrogens is 324 g/mol. The number of fused-ring (bicyclic) bond motifs is 1. The van der Waals surface area contributed by atoms with Crippen LogP contribution in [0.3, 0.4) is 0 Å². The fourth-order valence-corrected chi connectivity index (χ4v) is 2.88. The third kappa shape index (κ3) is 3.80. The largest absolute Gasteiger partial charge is 0.497 e. The van der Waals surface area contributed by atoms with Crippen molar-refractivity contribution in [1.29, 1.82) is 0 Å². The van der Waals surface area contributed by atoms with Crippen molar-refractivity contribution in [3.8, 4) is 5.75 Å². The molecule has 0 heterocycles. The number of nitrogens with one attached hydrogen (secondary N) is 1. The molecule has 0 saturated heterocycles. The molecule has 0 aliphatic carbocycles. The van der Waals surface area contributed by atoms with Crippen molar-refractivity contribution >= 4 is 28.1 Å². The number of anilines is 2. The van der Waals surface area contributed by atoms with Gasteiger partial charge >= 0.3 is 0 Å². The minimum atomic E-state index is -0.241. The summed E-state index contributed by atoms with van der Waals surface area (Å²) in [5, 5.41) is 5.19. The molecule has 0 aliphatic rings. The first kappa shape index (κ1) is 17.8. The molecule has 4 nitrogen and oxygen atoms in total. The van der Waals surface area contributed by atoms with Crippen molar-refractivity contribution in [3.63, 3.8) is 0 Å². The summed E-state index contributed by atoms with van der Waals surface area (Å²) in [6.07, 6.45) is 0. The Kier molecular flexibility index (Phi) is 5.12. The minimum absolute atomic E-state index is 0.0181. The van der Waals surface area contributed by atoms with Gasteiger partial charge in [0.1, 0.15) is 5.75 Å². The van der Waals surface area contributed by atoms with Gasteiger partial charge in [-0.05, 0) is 59.7 Å². The Morgan fingerprint density at radius 1 is 0.962 bits per heavy atom. The molecule has 0 bridgehead atoms. The average molecular weight is 348 g/mol. The van der Waals surface area contributed by atoms with E-state index in [0.29, 0.717) is 0 Å². The second-order valence-electron chi connectivity index (χ2n) is 6.62. The summed E-state index contributed by atoms with van der Waals surface area (Å²) in [6, 6.07) is 19.9. The highest BCUT2D eigenvalue weighted by Gasteiger charge is 2.16. The highest BCUT2D eigenvalue weighted by Crippen LogP contribution is 2.26. The molecule has 0 saturated carbocycles. The number of ether oxygens (including phenoxy) is 1. The van der Waals surface area contributed by atoms with E-state index in [9.17, 15) is 4.79 Å². The van der Waals surface area contributed by atoms with Crippen LogP contribution in [0.1, 0.15) is 18.4 Å². The highest BCUT2D eigenvalue weighted by molar-refractivity contribution is 5.96. The molecular formula is C22H24N2O2. The Bertz CT molecular complexity index is 917. The molecule has 1 amide bonds. The summed E-state index contributed by atoms with van der Waals surface area (Å²) in [5.41, 5.74) is 2.89. The normalized spacial score (nSPS) is 11.8.